The predicted molar refractivity (Wildman–Crippen MR) is 184 cm³/mol. The monoisotopic (exact) mass is 714 g/mol. The summed E-state index contributed by atoms with van der Waals surface area (Å²) in [4.78, 5) is 33.2. The fraction of sp³-hybridized carbons (Fsp3) is 0.139. The van der Waals surface area contributed by atoms with Gasteiger partial charge < -0.3 is 14.2 Å². The van der Waals surface area contributed by atoms with Crippen molar-refractivity contribution in [2.75, 3.05) is 13.7 Å². The fourth-order valence-corrected chi connectivity index (χ4v) is 7.04. The lowest BCUT2D eigenvalue weighted by Gasteiger charge is -2.25. The molecule has 5 aromatic rings. The molecular formula is C36H28BrClN2O5S. The van der Waals surface area contributed by atoms with Crippen molar-refractivity contribution in [3.8, 4) is 11.5 Å². The van der Waals surface area contributed by atoms with Gasteiger partial charge in [0.25, 0.3) is 5.56 Å². The highest BCUT2D eigenvalue weighted by molar-refractivity contribution is 9.10. The van der Waals surface area contributed by atoms with Gasteiger partial charge in [-0.1, -0.05) is 102 Å². The third-order valence-corrected chi connectivity index (χ3v) is 9.31. The maximum absolute atomic E-state index is 14.2. The number of thiazole rings is 1. The Hall–Kier alpha value is -4.44. The van der Waals surface area contributed by atoms with Gasteiger partial charge in [-0.25, -0.2) is 9.79 Å². The fourth-order valence-electron chi connectivity index (χ4n) is 5.27. The topological polar surface area (TPSA) is 79.1 Å². The Labute approximate surface area is 282 Å². The van der Waals surface area contributed by atoms with Crippen molar-refractivity contribution < 1.29 is 19.0 Å². The lowest BCUT2D eigenvalue weighted by molar-refractivity contribution is -0.138. The highest BCUT2D eigenvalue weighted by Crippen LogP contribution is 2.38. The van der Waals surface area contributed by atoms with Crippen molar-refractivity contribution in [1.82, 2.24) is 4.57 Å². The molecule has 0 saturated carbocycles. The summed E-state index contributed by atoms with van der Waals surface area (Å²) in [6.45, 7) is 2.19. The van der Waals surface area contributed by atoms with Gasteiger partial charge in [0.15, 0.2) is 16.3 Å². The van der Waals surface area contributed by atoms with E-state index in [4.69, 9.17) is 30.8 Å². The molecule has 0 amide bonds. The van der Waals surface area contributed by atoms with Gasteiger partial charge in [0, 0.05) is 16.1 Å². The van der Waals surface area contributed by atoms with Gasteiger partial charge in [-0.05, 0) is 58.3 Å². The van der Waals surface area contributed by atoms with Gasteiger partial charge in [0.05, 0.1) is 40.0 Å². The molecule has 0 spiro atoms. The average Bonchev–Trinajstić information content (AvgIpc) is 3.38. The molecular weight excluding hydrogens is 688 g/mol. The van der Waals surface area contributed by atoms with Crippen LogP contribution in [0.2, 0.25) is 5.02 Å². The van der Waals surface area contributed by atoms with Crippen LogP contribution in [0, 0.1) is 0 Å². The maximum atomic E-state index is 14.2. The summed E-state index contributed by atoms with van der Waals surface area (Å²) in [5.74, 6) is 0.476. The van der Waals surface area contributed by atoms with Crippen LogP contribution in [-0.4, -0.2) is 24.3 Å². The Kier molecular flexibility index (Phi) is 9.53. The van der Waals surface area contributed by atoms with Crippen molar-refractivity contribution >= 4 is 56.6 Å². The SMILES string of the molecule is CCOC(=O)C1=C(c2ccccc2)N=c2s/c(=C\c3cc(Br)c(OCc4ccccc4Cl)c(OC)c3)c(=O)n2[C@H]1c1ccccc1. The number of esters is 1. The van der Waals surface area contributed by atoms with E-state index in [9.17, 15) is 9.59 Å². The van der Waals surface area contributed by atoms with Crippen LogP contribution in [0.25, 0.3) is 11.8 Å². The molecule has 0 saturated heterocycles. The first-order valence-electron chi connectivity index (χ1n) is 14.5. The minimum atomic E-state index is -0.740. The van der Waals surface area contributed by atoms with E-state index in [1.807, 2.05) is 91.0 Å². The highest BCUT2D eigenvalue weighted by Gasteiger charge is 2.35. The average molecular weight is 716 g/mol. The second kappa shape index (κ2) is 13.9. The van der Waals surface area contributed by atoms with Gasteiger partial charge in [-0.3, -0.25) is 9.36 Å². The molecule has 1 aromatic heterocycles. The number of fused-ring (bicyclic) bond motifs is 1. The van der Waals surface area contributed by atoms with E-state index in [0.29, 0.717) is 47.2 Å². The molecule has 1 aliphatic rings. The number of methoxy groups -OCH3 is 1. The Bertz CT molecular complexity index is 2130. The van der Waals surface area contributed by atoms with Crippen LogP contribution >= 0.6 is 38.9 Å². The van der Waals surface area contributed by atoms with Gasteiger partial charge >= 0.3 is 5.97 Å². The van der Waals surface area contributed by atoms with Gasteiger partial charge in [0.1, 0.15) is 6.61 Å². The number of hydrogen-bond acceptors (Lipinski definition) is 7. The number of aromatic nitrogens is 1. The molecule has 10 heteroatoms. The number of halogens is 2. The van der Waals surface area contributed by atoms with Crippen molar-refractivity contribution in [1.29, 1.82) is 0 Å². The molecule has 2 heterocycles. The van der Waals surface area contributed by atoms with Crippen LogP contribution in [0.15, 0.2) is 117 Å². The number of hydrogen-bond donors (Lipinski definition) is 0. The van der Waals surface area contributed by atoms with Crippen molar-refractivity contribution in [2.24, 2.45) is 4.99 Å². The molecule has 0 radical (unpaired) electrons. The van der Waals surface area contributed by atoms with Gasteiger partial charge in [-0.15, -0.1) is 0 Å². The molecule has 0 N–H and O–H groups in total. The summed E-state index contributed by atoms with van der Waals surface area (Å²) in [6.07, 6.45) is 1.78. The number of rotatable bonds is 9. The van der Waals surface area contributed by atoms with E-state index in [2.05, 4.69) is 15.9 Å². The molecule has 7 nitrogen and oxygen atoms in total. The Balaban J connectivity index is 1.49. The van der Waals surface area contributed by atoms with E-state index in [0.717, 1.165) is 16.7 Å². The van der Waals surface area contributed by atoms with Crippen molar-refractivity contribution in [3.05, 3.63) is 154 Å². The lowest BCUT2D eigenvalue weighted by atomic mass is 9.93. The first-order chi connectivity index (χ1) is 22.4. The molecule has 4 aromatic carbocycles. The molecule has 0 aliphatic carbocycles. The first kappa shape index (κ1) is 31.5. The minimum absolute atomic E-state index is 0.186. The highest BCUT2D eigenvalue weighted by atomic mass is 79.9. The maximum Gasteiger partial charge on any atom is 0.338 e. The zero-order chi connectivity index (χ0) is 32.2. The third kappa shape index (κ3) is 6.31. The zero-order valence-corrected chi connectivity index (χ0v) is 28.1. The Morgan fingerprint density at radius 1 is 1.02 bits per heavy atom. The second-order valence-electron chi connectivity index (χ2n) is 10.3. The smallest absolute Gasteiger partial charge is 0.338 e. The van der Waals surface area contributed by atoms with Crippen LogP contribution in [0.1, 0.15) is 35.2 Å². The molecule has 0 unspecified atom stereocenters. The molecule has 1 aliphatic heterocycles. The van der Waals surface area contributed by atoms with E-state index in [1.54, 1.807) is 30.7 Å². The number of carbonyl (C=O) groups is 1. The van der Waals surface area contributed by atoms with E-state index in [-0.39, 0.29) is 18.8 Å². The number of ether oxygens (including phenoxy) is 3. The first-order valence-corrected chi connectivity index (χ1v) is 16.5. The summed E-state index contributed by atoms with van der Waals surface area (Å²) in [5, 5.41) is 0.611. The van der Waals surface area contributed by atoms with E-state index in [1.165, 1.54) is 11.3 Å². The van der Waals surface area contributed by atoms with Crippen molar-refractivity contribution in [3.63, 3.8) is 0 Å². The van der Waals surface area contributed by atoms with E-state index >= 15 is 0 Å². The number of carbonyl (C=O) groups excluding carboxylic acids is 1. The number of benzene rings is 4. The molecule has 0 bridgehead atoms. The quantitative estimate of drug-likeness (QED) is 0.155. The molecule has 232 valence electrons. The standard InChI is InChI=1S/C36H28BrClN2O5S/c1-3-44-35(42)30-31(23-12-6-4-7-13-23)39-36-40(32(30)24-14-8-5-9-15-24)34(41)29(46-36)20-22-18-26(37)33(28(19-22)43-2)45-21-25-16-10-11-17-27(25)38/h4-20,32H,3,21H2,1-2H3/b29-20-/t32-/m0/s1. The third-order valence-electron chi connectivity index (χ3n) is 7.37. The molecule has 6 rings (SSSR count). The summed E-state index contributed by atoms with van der Waals surface area (Å²) in [5.41, 5.74) is 3.58. The van der Waals surface area contributed by atoms with Crippen LogP contribution in [0.5, 0.6) is 11.5 Å². The summed E-state index contributed by atoms with van der Waals surface area (Å²) >= 11 is 11.2. The molecule has 0 fully saturated rings. The molecule has 46 heavy (non-hydrogen) atoms. The van der Waals surface area contributed by atoms with Crippen LogP contribution in [0.3, 0.4) is 0 Å². The predicted octanol–water partition coefficient (Wildman–Crippen LogP) is 6.94. The zero-order valence-electron chi connectivity index (χ0n) is 24.9. The van der Waals surface area contributed by atoms with Gasteiger partial charge in [0.2, 0.25) is 0 Å². The second-order valence-corrected chi connectivity index (χ2v) is 12.5. The summed E-state index contributed by atoms with van der Waals surface area (Å²) < 4.78 is 20.0. The molecule has 1 atom stereocenters. The van der Waals surface area contributed by atoms with Crippen LogP contribution < -0.4 is 24.4 Å². The minimum Gasteiger partial charge on any atom is -0.493 e. The summed E-state index contributed by atoms with van der Waals surface area (Å²) in [6, 6.07) is 29.3. The van der Waals surface area contributed by atoms with Crippen LogP contribution in [0.4, 0.5) is 0 Å². The largest absolute Gasteiger partial charge is 0.493 e. The van der Waals surface area contributed by atoms with Gasteiger partial charge in [-0.2, -0.15) is 0 Å². The van der Waals surface area contributed by atoms with E-state index < -0.39 is 12.0 Å². The Morgan fingerprint density at radius 2 is 1.72 bits per heavy atom. The lowest BCUT2D eigenvalue weighted by Crippen LogP contribution is -2.39. The van der Waals surface area contributed by atoms with Crippen molar-refractivity contribution in [2.45, 2.75) is 19.6 Å². The normalized spacial score (nSPS) is 14.4. The Morgan fingerprint density at radius 3 is 2.41 bits per heavy atom. The summed E-state index contributed by atoms with van der Waals surface area (Å²) in [7, 11) is 1.56. The van der Waals surface area contributed by atoms with Crippen LogP contribution in [-0.2, 0) is 16.1 Å². The number of nitrogens with zero attached hydrogens (tertiary/aromatic N) is 2.